The summed E-state index contributed by atoms with van der Waals surface area (Å²) in [5, 5.41) is 12.0. The fraction of sp³-hybridized carbons (Fsp3) is 1.00. The van der Waals surface area contributed by atoms with Gasteiger partial charge in [0.15, 0.2) is 0 Å². The van der Waals surface area contributed by atoms with E-state index in [0.717, 1.165) is 19.0 Å². The van der Waals surface area contributed by atoms with Crippen LogP contribution in [0, 0.1) is 17.0 Å². The third-order valence-corrected chi connectivity index (χ3v) is 4.66. The quantitative estimate of drug-likeness (QED) is 0.593. The second-order valence-electron chi connectivity index (χ2n) is 5.93. The monoisotopic (exact) mass is 240 g/mol. The predicted octanol–water partition coefficient (Wildman–Crippen LogP) is 1.29. The van der Waals surface area contributed by atoms with Crippen molar-refractivity contribution < 1.29 is 5.06 Å². The summed E-state index contributed by atoms with van der Waals surface area (Å²) in [5.41, 5.74) is 0. The number of likely N-dealkylation sites (tertiary alicyclic amines) is 1. The van der Waals surface area contributed by atoms with Crippen LogP contribution in [0.25, 0.3) is 0 Å². The standard InChI is InChI=1S/C14H28N2O/c1-2-3-4-8-15-9-5-13-7-11-16(17)12-14(13)6-10-15/h13-14,16H,2-12H2,1H3. The van der Waals surface area contributed by atoms with E-state index in [4.69, 9.17) is 0 Å². The molecule has 3 atom stereocenters. The summed E-state index contributed by atoms with van der Waals surface area (Å²) in [6.07, 6.45) is 7.80. The van der Waals surface area contributed by atoms with Crippen LogP contribution < -0.4 is 5.06 Å². The summed E-state index contributed by atoms with van der Waals surface area (Å²) < 4.78 is 0. The Morgan fingerprint density at radius 2 is 1.88 bits per heavy atom. The summed E-state index contributed by atoms with van der Waals surface area (Å²) in [5.74, 6) is 1.57. The highest BCUT2D eigenvalue weighted by molar-refractivity contribution is 4.79. The van der Waals surface area contributed by atoms with Crippen molar-refractivity contribution >= 4 is 0 Å². The maximum absolute atomic E-state index is 11.5. The van der Waals surface area contributed by atoms with E-state index in [2.05, 4.69) is 11.8 Å². The van der Waals surface area contributed by atoms with Crippen LogP contribution in [-0.4, -0.2) is 37.6 Å². The van der Waals surface area contributed by atoms with Gasteiger partial charge in [-0.3, -0.25) is 0 Å². The van der Waals surface area contributed by atoms with Crippen molar-refractivity contribution in [1.29, 1.82) is 0 Å². The van der Waals surface area contributed by atoms with Gasteiger partial charge in [0.2, 0.25) is 0 Å². The van der Waals surface area contributed by atoms with Gasteiger partial charge in [0, 0.05) is 12.3 Å². The van der Waals surface area contributed by atoms with Crippen molar-refractivity contribution in [2.24, 2.45) is 11.8 Å². The molecule has 2 fully saturated rings. The number of hydrogen-bond acceptors (Lipinski definition) is 2. The lowest BCUT2D eigenvalue weighted by Gasteiger charge is -2.36. The number of quaternary nitrogens is 1. The molecular formula is C14H28N2O. The van der Waals surface area contributed by atoms with E-state index in [0.29, 0.717) is 11.0 Å². The fourth-order valence-corrected chi connectivity index (χ4v) is 3.48. The molecule has 2 rings (SSSR count). The SMILES string of the molecule is CCCCCN1CCC2CC[NH+]([O-])CC2CC1. The van der Waals surface area contributed by atoms with Crippen LogP contribution in [0.2, 0.25) is 0 Å². The third kappa shape index (κ3) is 3.94. The Kier molecular flexibility index (Phi) is 5.26. The maximum atomic E-state index is 11.5. The van der Waals surface area contributed by atoms with Gasteiger partial charge in [-0.15, -0.1) is 0 Å². The number of unbranched alkanes of at least 4 members (excludes halogenated alkanes) is 2. The molecule has 0 radical (unpaired) electrons. The van der Waals surface area contributed by atoms with Gasteiger partial charge in [-0.25, -0.2) is 0 Å². The summed E-state index contributed by atoms with van der Waals surface area (Å²) in [6, 6.07) is 0. The Labute approximate surface area is 106 Å². The molecule has 2 aliphatic rings. The van der Waals surface area contributed by atoms with E-state index < -0.39 is 0 Å². The van der Waals surface area contributed by atoms with E-state index in [1.54, 1.807) is 0 Å². The van der Waals surface area contributed by atoms with Crippen LogP contribution >= 0.6 is 0 Å². The number of rotatable bonds is 4. The molecule has 17 heavy (non-hydrogen) atoms. The van der Waals surface area contributed by atoms with Gasteiger partial charge in [0.25, 0.3) is 0 Å². The largest absolute Gasteiger partial charge is 0.634 e. The molecule has 0 aliphatic carbocycles. The summed E-state index contributed by atoms with van der Waals surface area (Å²) in [4.78, 5) is 2.64. The Balaban J connectivity index is 1.76. The van der Waals surface area contributed by atoms with Crippen molar-refractivity contribution in [3.05, 3.63) is 5.21 Å². The summed E-state index contributed by atoms with van der Waals surface area (Å²) in [7, 11) is 0. The normalized spacial score (nSPS) is 35.3. The average Bonchev–Trinajstić information content (AvgIpc) is 2.52. The fourth-order valence-electron chi connectivity index (χ4n) is 3.48. The van der Waals surface area contributed by atoms with E-state index in [9.17, 15) is 5.21 Å². The molecule has 0 aromatic rings. The minimum atomic E-state index is 0.519. The van der Waals surface area contributed by atoms with Crippen LogP contribution in [0.15, 0.2) is 0 Å². The van der Waals surface area contributed by atoms with Crippen molar-refractivity contribution in [2.45, 2.75) is 45.4 Å². The zero-order valence-electron chi connectivity index (χ0n) is 11.3. The molecular weight excluding hydrogens is 212 g/mol. The van der Waals surface area contributed by atoms with E-state index in [1.807, 2.05) is 0 Å². The molecule has 0 spiro atoms. The van der Waals surface area contributed by atoms with Crippen LogP contribution in [0.3, 0.4) is 0 Å². The van der Waals surface area contributed by atoms with Gasteiger partial charge in [-0.2, -0.15) is 0 Å². The second kappa shape index (κ2) is 6.72. The minimum Gasteiger partial charge on any atom is -0.634 e. The number of nitrogens with one attached hydrogen (secondary N) is 1. The highest BCUT2D eigenvalue weighted by atomic mass is 16.5. The molecule has 0 aromatic carbocycles. The van der Waals surface area contributed by atoms with Crippen LogP contribution in [0.1, 0.15) is 45.4 Å². The Bertz CT molecular complexity index is 222. The van der Waals surface area contributed by atoms with Gasteiger partial charge in [-0.1, -0.05) is 19.8 Å². The van der Waals surface area contributed by atoms with E-state index in [1.165, 1.54) is 58.2 Å². The molecule has 2 heterocycles. The Hall–Kier alpha value is -0.120. The molecule has 0 aromatic heterocycles. The van der Waals surface area contributed by atoms with Crippen molar-refractivity contribution in [2.75, 3.05) is 32.7 Å². The number of piperidine rings is 1. The van der Waals surface area contributed by atoms with Gasteiger partial charge >= 0.3 is 0 Å². The third-order valence-electron chi connectivity index (χ3n) is 4.66. The molecule has 0 bridgehead atoms. The molecule has 0 amide bonds. The topological polar surface area (TPSA) is 30.7 Å². The summed E-state index contributed by atoms with van der Waals surface area (Å²) in [6.45, 7) is 7.80. The first-order valence-corrected chi connectivity index (χ1v) is 7.53. The molecule has 3 unspecified atom stereocenters. The van der Waals surface area contributed by atoms with E-state index in [-0.39, 0.29) is 0 Å². The lowest BCUT2D eigenvalue weighted by molar-refractivity contribution is -0.859. The Morgan fingerprint density at radius 1 is 1.12 bits per heavy atom. The smallest absolute Gasteiger partial charge is 0.0800 e. The molecule has 3 heteroatoms. The van der Waals surface area contributed by atoms with Crippen LogP contribution in [0.5, 0.6) is 0 Å². The predicted molar refractivity (Wildman–Crippen MR) is 70.9 cm³/mol. The number of hydrogen-bond donors (Lipinski definition) is 1. The zero-order valence-corrected chi connectivity index (χ0v) is 11.3. The number of nitrogens with zero attached hydrogens (tertiary/aromatic N) is 1. The first-order valence-electron chi connectivity index (χ1n) is 7.53. The van der Waals surface area contributed by atoms with Gasteiger partial charge in [0.05, 0.1) is 13.1 Å². The Morgan fingerprint density at radius 3 is 2.65 bits per heavy atom. The van der Waals surface area contributed by atoms with Gasteiger partial charge in [-0.05, 0) is 44.8 Å². The zero-order chi connectivity index (χ0) is 12.1. The van der Waals surface area contributed by atoms with Gasteiger partial charge < -0.3 is 15.2 Å². The van der Waals surface area contributed by atoms with Crippen molar-refractivity contribution in [1.82, 2.24) is 4.90 Å². The van der Waals surface area contributed by atoms with Crippen molar-refractivity contribution in [3.8, 4) is 0 Å². The highest BCUT2D eigenvalue weighted by Crippen LogP contribution is 2.27. The van der Waals surface area contributed by atoms with Crippen LogP contribution in [-0.2, 0) is 0 Å². The lowest BCUT2D eigenvalue weighted by atomic mass is 9.83. The maximum Gasteiger partial charge on any atom is 0.0800 e. The molecule has 2 aliphatic heterocycles. The first kappa shape index (κ1) is 13.3. The number of fused-ring (bicyclic) bond motifs is 1. The first-order chi connectivity index (χ1) is 8.29. The van der Waals surface area contributed by atoms with Crippen LogP contribution in [0.4, 0.5) is 0 Å². The minimum absolute atomic E-state index is 0.519. The van der Waals surface area contributed by atoms with Crippen molar-refractivity contribution in [3.63, 3.8) is 0 Å². The molecule has 3 nitrogen and oxygen atoms in total. The second-order valence-corrected chi connectivity index (χ2v) is 5.93. The summed E-state index contributed by atoms with van der Waals surface area (Å²) >= 11 is 0. The molecule has 100 valence electrons. The molecule has 0 saturated carbocycles. The van der Waals surface area contributed by atoms with Gasteiger partial charge in [0.1, 0.15) is 0 Å². The highest BCUT2D eigenvalue weighted by Gasteiger charge is 2.31. The molecule has 2 saturated heterocycles. The lowest BCUT2D eigenvalue weighted by Crippen LogP contribution is -3.09. The number of hydroxylamine groups is 2. The van der Waals surface area contributed by atoms with E-state index >= 15 is 0 Å². The average molecular weight is 240 g/mol. The molecule has 1 N–H and O–H groups in total.